The standard InChI is InChI=1S/C6H12N2O3/c1-7-5(9)4-6(10)8(2)11-3/h4H2,1-3H3,(H,7,9). The maximum Gasteiger partial charge on any atom is 0.255 e. The summed E-state index contributed by atoms with van der Waals surface area (Å²) < 4.78 is 0. The molecule has 0 saturated heterocycles. The minimum absolute atomic E-state index is 0.180. The number of hydrogen-bond acceptors (Lipinski definition) is 3. The number of hydrogen-bond donors (Lipinski definition) is 1. The molecule has 5 heteroatoms. The molecule has 0 atom stereocenters. The lowest BCUT2D eigenvalue weighted by Crippen LogP contribution is -2.31. The molecule has 0 rings (SSSR count). The maximum atomic E-state index is 10.9. The van der Waals surface area contributed by atoms with E-state index in [9.17, 15) is 9.59 Å². The molecule has 0 aliphatic heterocycles. The van der Waals surface area contributed by atoms with Gasteiger partial charge in [-0.15, -0.1) is 0 Å². The fourth-order valence-electron chi connectivity index (χ4n) is 0.439. The molecule has 2 amide bonds. The largest absolute Gasteiger partial charge is 0.359 e. The highest BCUT2D eigenvalue weighted by atomic mass is 16.7. The molecule has 0 aliphatic carbocycles. The topological polar surface area (TPSA) is 58.6 Å². The fourth-order valence-corrected chi connectivity index (χ4v) is 0.439. The first-order valence-corrected chi connectivity index (χ1v) is 3.13. The molecule has 0 fully saturated rings. The van der Waals surface area contributed by atoms with Crippen molar-refractivity contribution in [1.82, 2.24) is 10.4 Å². The van der Waals surface area contributed by atoms with Gasteiger partial charge in [0.25, 0.3) is 5.91 Å². The second-order valence-electron chi connectivity index (χ2n) is 1.92. The second kappa shape index (κ2) is 4.68. The summed E-state index contributed by atoms with van der Waals surface area (Å²) in [5, 5.41) is 3.34. The summed E-state index contributed by atoms with van der Waals surface area (Å²) in [4.78, 5) is 26.1. The first-order chi connectivity index (χ1) is 5.11. The third-order valence-electron chi connectivity index (χ3n) is 1.22. The zero-order valence-corrected chi connectivity index (χ0v) is 6.88. The van der Waals surface area contributed by atoms with E-state index in [-0.39, 0.29) is 18.2 Å². The zero-order valence-electron chi connectivity index (χ0n) is 6.88. The average molecular weight is 160 g/mol. The Hall–Kier alpha value is -1.10. The summed E-state index contributed by atoms with van der Waals surface area (Å²) in [5.74, 6) is -0.689. The van der Waals surface area contributed by atoms with Crippen LogP contribution in [0.2, 0.25) is 0 Å². The molecule has 0 aliphatic rings. The van der Waals surface area contributed by atoms with Gasteiger partial charge in [-0.2, -0.15) is 0 Å². The smallest absolute Gasteiger partial charge is 0.255 e. The number of hydroxylamine groups is 2. The normalized spacial score (nSPS) is 9.00. The molecule has 11 heavy (non-hydrogen) atoms. The van der Waals surface area contributed by atoms with E-state index < -0.39 is 0 Å². The molecule has 0 spiro atoms. The summed E-state index contributed by atoms with van der Waals surface area (Å²) in [6.45, 7) is 0. The van der Waals surface area contributed by atoms with E-state index in [0.717, 1.165) is 5.06 Å². The van der Waals surface area contributed by atoms with Gasteiger partial charge in [-0.05, 0) is 0 Å². The first kappa shape index (κ1) is 9.90. The van der Waals surface area contributed by atoms with Crippen molar-refractivity contribution >= 4 is 11.8 Å². The Kier molecular flexibility index (Phi) is 4.21. The first-order valence-electron chi connectivity index (χ1n) is 3.13. The Labute approximate surface area is 65.3 Å². The number of carbonyl (C=O) groups excluding carboxylic acids is 2. The Morgan fingerprint density at radius 2 is 2.09 bits per heavy atom. The quantitative estimate of drug-likeness (QED) is 0.432. The van der Waals surface area contributed by atoms with E-state index in [1.54, 1.807) is 0 Å². The van der Waals surface area contributed by atoms with Gasteiger partial charge in [0.05, 0.1) is 7.11 Å². The van der Waals surface area contributed by atoms with Crippen LogP contribution >= 0.6 is 0 Å². The summed E-state index contributed by atoms with van der Waals surface area (Å²) in [5.41, 5.74) is 0. The predicted molar refractivity (Wildman–Crippen MR) is 38.5 cm³/mol. The van der Waals surface area contributed by atoms with Gasteiger partial charge in [0.1, 0.15) is 6.42 Å². The molecule has 0 aromatic rings. The highest BCUT2D eigenvalue weighted by Crippen LogP contribution is 1.89. The SMILES string of the molecule is CNC(=O)CC(=O)N(C)OC. The van der Waals surface area contributed by atoms with Crippen molar-refractivity contribution in [3.8, 4) is 0 Å². The van der Waals surface area contributed by atoms with Gasteiger partial charge < -0.3 is 5.32 Å². The van der Waals surface area contributed by atoms with Gasteiger partial charge in [-0.25, -0.2) is 5.06 Å². The van der Waals surface area contributed by atoms with Crippen LogP contribution < -0.4 is 5.32 Å². The predicted octanol–water partition coefficient (Wildman–Crippen LogP) is -0.858. The van der Waals surface area contributed by atoms with E-state index >= 15 is 0 Å². The van der Waals surface area contributed by atoms with Crippen LogP contribution in [0.15, 0.2) is 0 Å². The van der Waals surface area contributed by atoms with Gasteiger partial charge in [-0.3, -0.25) is 14.4 Å². The van der Waals surface area contributed by atoms with E-state index in [4.69, 9.17) is 0 Å². The summed E-state index contributed by atoms with van der Waals surface area (Å²) in [6, 6.07) is 0. The van der Waals surface area contributed by atoms with Crippen LogP contribution in [-0.4, -0.2) is 38.1 Å². The van der Waals surface area contributed by atoms with Crippen LogP contribution in [0.3, 0.4) is 0 Å². The average Bonchev–Trinajstić information content (AvgIpc) is 2.02. The van der Waals surface area contributed by atoms with E-state index in [0.29, 0.717) is 0 Å². The lowest BCUT2D eigenvalue weighted by Gasteiger charge is -2.12. The highest BCUT2D eigenvalue weighted by Gasteiger charge is 2.11. The van der Waals surface area contributed by atoms with Crippen LogP contribution in [0.5, 0.6) is 0 Å². The van der Waals surface area contributed by atoms with Crippen LogP contribution in [0.25, 0.3) is 0 Å². The highest BCUT2D eigenvalue weighted by molar-refractivity contribution is 5.96. The lowest BCUT2D eigenvalue weighted by atomic mass is 10.4. The molecule has 0 aromatic carbocycles. The zero-order chi connectivity index (χ0) is 8.85. The molecule has 0 aromatic heterocycles. The molecule has 0 bridgehead atoms. The maximum absolute atomic E-state index is 10.9. The van der Waals surface area contributed by atoms with Crippen LogP contribution in [-0.2, 0) is 14.4 Å². The molecule has 0 unspecified atom stereocenters. The van der Waals surface area contributed by atoms with Crippen molar-refractivity contribution in [3.63, 3.8) is 0 Å². The van der Waals surface area contributed by atoms with Crippen LogP contribution in [0, 0.1) is 0 Å². The van der Waals surface area contributed by atoms with Crippen molar-refractivity contribution in [2.45, 2.75) is 6.42 Å². The fraction of sp³-hybridized carbons (Fsp3) is 0.667. The lowest BCUT2D eigenvalue weighted by molar-refractivity contribution is -0.169. The molecule has 0 saturated carbocycles. The van der Waals surface area contributed by atoms with E-state index in [2.05, 4.69) is 10.2 Å². The Bertz CT molecular complexity index is 158. The number of amides is 2. The van der Waals surface area contributed by atoms with Gasteiger partial charge in [-0.1, -0.05) is 0 Å². The minimum atomic E-state index is -0.369. The third kappa shape index (κ3) is 3.57. The number of nitrogens with zero attached hydrogens (tertiary/aromatic N) is 1. The van der Waals surface area contributed by atoms with Crippen molar-refractivity contribution < 1.29 is 14.4 Å². The Balaban J connectivity index is 3.77. The van der Waals surface area contributed by atoms with Crippen molar-refractivity contribution in [2.24, 2.45) is 0 Å². The van der Waals surface area contributed by atoms with E-state index in [1.807, 2.05) is 0 Å². The van der Waals surface area contributed by atoms with E-state index in [1.165, 1.54) is 21.2 Å². The van der Waals surface area contributed by atoms with Crippen LogP contribution in [0.4, 0.5) is 0 Å². The third-order valence-corrected chi connectivity index (χ3v) is 1.22. The molecule has 0 heterocycles. The number of rotatable bonds is 3. The molecule has 0 radical (unpaired) electrons. The molecular formula is C6H12N2O3. The van der Waals surface area contributed by atoms with Gasteiger partial charge in [0.15, 0.2) is 0 Å². The van der Waals surface area contributed by atoms with Gasteiger partial charge >= 0.3 is 0 Å². The molecule has 5 nitrogen and oxygen atoms in total. The molecule has 1 N–H and O–H groups in total. The van der Waals surface area contributed by atoms with Crippen molar-refractivity contribution in [3.05, 3.63) is 0 Å². The Morgan fingerprint density at radius 1 is 1.55 bits per heavy atom. The summed E-state index contributed by atoms with van der Waals surface area (Å²) in [7, 11) is 4.29. The number of carbonyl (C=O) groups is 2. The summed E-state index contributed by atoms with van der Waals surface area (Å²) >= 11 is 0. The molecule has 64 valence electrons. The van der Waals surface area contributed by atoms with Crippen molar-refractivity contribution in [1.29, 1.82) is 0 Å². The number of nitrogens with one attached hydrogen (secondary N) is 1. The second-order valence-corrected chi connectivity index (χ2v) is 1.92. The van der Waals surface area contributed by atoms with Gasteiger partial charge in [0, 0.05) is 14.1 Å². The Morgan fingerprint density at radius 3 is 2.45 bits per heavy atom. The van der Waals surface area contributed by atoms with Crippen LogP contribution in [0.1, 0.15) is 6.42 Å². The monoisotopic (exact) mass is 160 g/mol. The van der Waals surface area contributed by atoms with Gasteiger partial charge in [0.2, 0.25) is 5.91 Å². The summed E-state index contributed by atoms with van der Waals surface area (Å²) in [6.07, 6.45) is -0.180. The minimum Gasteiger partial charge on any atom is -0.359 e. The molecular weight excluding hydrogens is 148 g/mol. The van der Waals surface area contributed by atoms with Crippen molar-refractivity contribution in [2.75, 3.05) is 21.2 Å².